The van der Waals surface area contributed by atoms with Crippen LogP contribution >= 0.6 is 11.3 Å². The quantitative estimate of drug-likeness (QED) is 0.771. The van der Waals surface area contributed by atoms with Crippen molar-refractivity contribution in [1.82, 2.24) is 20.0 Å². The van der Waals surface area contributed by atoms with Crippen LogP contribution in [0.4, 0.5) is 0 Å². The van der Waals surface area contributed by atoms with Gasteiger partial charge < -0.3 is 0 Å². The molecule has 2 aromatic rings. The van der Waals surface area contributed by atoms with Crippen molar-refractivity contribution in [3.05, 3.63) is 23.0 Å². The number of nitrogens with zero attached hydrogens (tertiary/aromatic N) is 5. The Balaban J connectivity index is 2.59. The lowest BCUT2D eigenvalue weighted by atomic mass is 10.1. The smallest absolute Gasteiger partial charge is 0.211 e. The van der Waals surface area contributed by atoms with Crippen LogP contribution in [-0.4, -0.2) is 20.0 Å². The average molecular weight is 219 g/mol. The fourth-order valence-electron chi connectivity index (χ4n) is 1.35. The second kappa shape index (κ2) is 3.79. The van der Waals surface area contributed by atoms with Crippen LogP contribution in [-0.2, 0) is 0 Å². The summed E-state index contributed by atoms with van der Waals surface area (Å²) in [5.74, 6) is 0.193. The van der Waals surface area contributed by atoms with Gasteiger partial charge in [0.25, 0.3) is 0 Å². The summed E-state index contributed by atoms with van der Waals surface area (Å²) < 4.78 is 1.63. The lowest BCUT2D eigenvalue weighted by Gasteiger charge is -2.05. The Morgan fingerprint density at radius 3 is 2.87 bits per heavy atom. The van der Waals surface area contributed by atoms with E-state index in [2.05, 4.69) is 15.3 Å². The third kappa shape index (κ3) is 1.62. The van der Waals surface area contributed by atoms with E-state index < -0.39 is 0 Å². The van der Waals surface area contributed by atoms with Gasteiger partial charge in [-0.25, -0.2) is 4.98 Å². The van der Waals surface area contributed by atoms with Gasteiger partial charge in [0.15, 0.2) is 5.69 Å². The number of rotatable bonds is 2. The molecule has 2 rings (SSSR count). The molecule has 0 radical (unpaired) electrons. The first-order chi connectivity index (χ1) is 7.24. The van der Waals surface area contributed by atoms with Gasteiger partial charge in [0.1, 0.15) is 6.07 Å². The van der Waals surface area contributed by atoms with E-state index >= 15 is 0 Å². The van der Waals surface area contributed by atoms with Crippen molar-refractivity contribution in [1.29, 1.82) is 5.26 Å². The monoisotopic (exact) mass is 219 g/mol. The van der Waals surface area contributed by atoms with Crippen LogP contribution in [0.25, 0.3) is 5.13 Å². The van der Waals surface area contributed by atoms with Crippen LogP contribution < -0.4 is 0 Å². The first-order valence-corrected chi connectivity index (χ1v) is 5.37. The molecule has 15 heavy (non-hydrogen) atoms. The molecular weight excluding hydrogens is 210 g/mol. The molecule has 0 aliphatic heterocycles. The van der Waals surface area contributed by atoms with Crippen LogP contribution in [0.1, 0.15) is 31.2 Å². The average Bonchev–Trinajstić information content (AvgIpc) is 2.85. The highest BCUT2D eigenvalue weighted by molar-refractivity contribution is 7.12. The molecule has 76 valence electrons. The van der Waals surface area contributed by atoms with Crippen molar-refractivity contribution in [2.75, 3.05) is 0 Å². The largest absolute Gasteiger partial charge is 0.227 e. The summed E-state index contributed by atoms with van der Waals surface area (Å²) in [6.07, 6.45) is 1.71. The van der Waals surface area contributed by atoms with Crippen molar-refractivity contribution in [3.63, 3.8) is 0 Å². The van der Waals surface area contributed by atoms with Gasteiger partial charge in [0.2, 0.25) is 5.13 Å². The molecule has 2 aromatic heterocycles. The molecule has 0 bridgehead atoms. The molecule has 0 saturated carbocycles. The van der Waals surface area contributed by atoms with Gasteiger partial charge in [-0.3, -0.25) is 0 Å². The summed E-state index contributed by atoms with van der Waals surface area (Å²) in [4.78, 5) is 4.15. The molecule has 0 spiro atoms. The van der Waals surface area contributed by atoms with Gasteiger partial charge in [0.05, 0.1) is 5.69 Å². The molecule has 0 atom stereocenters. The Morgan fingerprint density at radius 1 is 1.53 bits per heavy atom. The summed E-state index contributed by atoms with van der Waals surface area (Å²) >= 11 is 1.47. The number of hydrogen-bond donors (Lipinski definition) is 0. The van der Waals surface area contributed by atoms with Gasteiger partial charge >= 0.3 is 0 Å². The summed E-state index contributed by atoms with van der Waals surface area (Å²) in [5, 5.41) is 19.3. The summed E-state index contributed by atoms with van der Waals surface area (Å²) in [7, 11) is 0. The molecule has 0 fully saturated rings. The Labute approximate surface area is 91.0 Å². The highest BCUT2D eigenvalue weighted by Crippen LogP contribution is 2.21. The van der Waals surface area contributed by atoms with Crippen molar-refractivity contribution in [2.45, 2.75) is 19.8 Å². The first kappa shape index (κ1) is 9.80. The van der Waals surface area contributed by atoms with E-state index in [1.54, 1.807) is 10.9 Å². The Bertz CT molecular complexity index is 491. The molecule has 0 N–H and O–H groups in total. The molecular formula is C9H9N5S. The molecule has 2 heterocycles. The van der Waals surface area contributed by atoms with Crippen LogP contribution in [0, 0.1) is 11.3 Å². The zero-order valence-corrected chi connectivity index (χ0v) is 9.19. The molecule has 0 aliphatic rings. The third-order valence-corrected chi connectivity index (χ3v) is 2.71. The maximum absolute atomic E-state index is 8.90. The maximum Gasteiger partial charge on any atom is 0.211 e. The zero-order valence-electron chi connectivity index (χ0n) is 8.38. The summed E-state index contributed by atoms with van der Waals surface area (Å²) in [6.45, 7) is 4.01. The standard InChI is InChI=1S/C9H9N5S/c1-6(2)8-7(5-10)12-13-14(8)9-11-3-4-15-9/h3-4,6H,1-2H3. The Morgan fingerprint density at radius 2 is 2.33 bits per heavy atom. The lowest BCUT2D eigenvalue weighted by Crippen LogP contribution is -2.04. The van der Waals surface area contributed by atoms with Crippen molar-refractivity contribution < 1.29 is 0 Å². The fourth-order valence-corrected chi connectivity index (χ4v) is 1.95. The highest BCUT2D eigenvalue weighted by atomic mass is 32.1. The van der Waals surface area contributed by atoms with E-state index in [1.807, 2.05) is 25.3 Å². The van der Waals surface area contributed by atoms with Crippen molar-refractivity contribution >= 4 is 11.3 Å². The number of hydrogen-bond acceptors (Lipinski definition) is 5. The molecule has 6 heteroatoms. The van der Waals surface area contributed by atoms with E-state index in [1.165, 1.54) is 11.3 Å². The summed E-state index contributed by atoms with van der Waals surface area (Å²) in [6, 6.07) is 2.04. The predicted octanol–water partition coefficient (Wildman–Crippen LogP) is 1.72. The van der Waals surface area contributed by atoms with Crippen LogP contribution in [0.15, 0.2) is 11.6 Å². The van der Waals surface area contributed by atoms with Gasteiger partial charge in [-0.05, 0) is 5.92 Å². The van der Waals surface area contributed by atoms with Gasteiger partial charge in [-0.15, -0.1) is 16.4 Å². The van der Waals surface area contributed by atoms with Crippen molar-refractivity contribution in [3.8, 4) is 11.2 Å². The predicted molar refractivity (Wildman–Crippen MR) is 55.8 cm³/mol. The van der Waals surface area contributed by atoms with E-state index in [4.69, 9.17) is 5.26 Å². The van der Waals surface area contributed by atoms with Gasteiger partial charge in [-0.2, -0.15) is 9.94 Å². The Kier molecular flexibility index (Phi) is 2.47. The van der Waals surface area contributed by atoms with Crippen LogP contribution in [0.5, 0.6) is 0 Å². The van der Waals surface area contributed by atoms with Crippen LogP contribution in [0.2, 0.25) is 0 Å². The molecule has 0 aromatic carbocycles. The minimum Gasteiger partial charge on any atom is -0.227 e. The van der Waals surface area contributed by atoms with E-state index in [-0.39, 0.29) is 5.92 Å². The molecule has 0 amide bonds. The van der Waals surface area contributed by atoms with E-state index in [0.717, 1.165) is 10.8 Å². The molecule has 5 nitrogen and oxygen atoms in total. The highest BCUT2D eigenvalue weighted by Gasteiger charge is 2.18. The van der Waals surface area contributed by atoms with Gasteiger partial charge in [0, 0.05) is 11.6 Å². The maximum atomic E-state index is 8.90. The van der Waals surface area contributed by atoms with Gasteiger partial charge in [-0.1, -0.05) is 19.1 Å². The SMILES string of the molecule is CC(C)c1c(C#N)nnn1-c1nccs1. The topological polar surface area (TPSA) is 67.4 Å². The minimum absolute atomic E-state index is 0.193. The second-order valence-electron chi connectivity index (χ2n) is 3.32. The number of nitriles is 1. The fraction of sp³-hybridized carbons (Fsp3) is 0.333. The first-order valence-electron chi connectivity index (χ1n) is 4.49. The van der Waals surface area contributed by atoms with Crippen molar-refractivity contribution in [2.24, 2.45) is 0 Å². The number of aromatic nitrogens is 4. The minimum atomic E-state index is 0.193. The Hall–Kier alpha value is -1.74. The van der Waals surface area contributed by atoms with E-state index in [0.29, 0.717) is 5.69 Å². The van der Waals surface area contributed by atoms with E-state index in [9.17, 15) is 0 Å². The lowest BCUT2D eigenvalue weighted by molar-refractivity contribution is 0.712. The van der Waals surface area contributed by atoms with Crippen LogP contribution in [0.3, 0.4) is 0 Å². The second-order valence-corrected chi connectivity index (χ2v) is 4.19. The normalized spacial score (nSPS) is 10.5. The molecule has 0 aliphatic carbocycles. The summed E-state index contributed by atoms with van der Waals surface area (Å²) in [5.41, 5.74) is 1.19. The number of thiazole rings is 1. The molecule has 0 unspecified atom stereocenters. The molecule has 0 saturated heterocycles. The zero-order chi connectivity index (χ0) is 10.8. The third-order valence-electron chi connectivity index (χ3n) is 1.96.